The van der Waals surface area contributed by atoms with Crippen LogP contribution in [0.2, 0.25) is 0 Å². The molecule has 120 valence electrons. The normalized spacial score (nSPS) is 21.6. The van der Waals surface area contributed by atoms with Crippen molar-refractivity contribution in [1.29, 1.82) is 0 Å². The minimum Gasteiger partial charge on any atom is -0.378 e. The van der Waals surface area contributed by atoms with Gasteiger partial charge in [0.05, 0.1) is 12.7 Å². The molecule has 0 spiro atoms. The van der Waals surface area contributed by atoms with Crippen LogP contribution in [-0.2, 0) is 14.3 Å². The Balaban J connectivity index is 1.56. The van der Waals surface area contributed by atoms with Crippen molar-refractivity contribution in [3.8, 4) is 0 Å². The number of likely N-dealkylation sites (tertiary alicyclic amines) is 1. The Morgan fingerprint density at radius 2 is 2.24 bits per heavy atom. The molecule has 2 amide bonds. The summed E-state index contributed by atoms with van der Waals surface area (Å²) in [6, 6.07) is -0.00145. The van der Waals surface area contributed by atoms with E-state index in [2.05, 4.69) is 10.6 Å². The molecule has 2 N–H and O–H groups in total. The molecule has 2 heterocycles. The lowest BCUT2D eigenvalue weighted by molar-refractivity contribution is -0.129. The van der Waals surface area contributed by atoms with E-state index in [1.165, 1.54) is 0 Å². The smallest absolute Gasteiger partial charge is 0.222 e. The largest absolute Gasteiger partial charge is 0.378 e. The second-order valence-electron chi connectivity index (χ2n) is 5.98. The molecule has 6 heteroatoms. The molecule has 2 aliphatic heterocycles. The van der Waals surface area contributed by atoms with Crippen molar-refractivity contribution >= 4 is 11.8 Å². The van der Waals surface area contributed by atoms with Gasteiger partial charge in [-0.25, -0.2) is 0 Å². The quantitative estimate of drug-likeness (QED) is 0.708. The van der Waals surface area contributed by atoms with Gasteiger partial charge in [-0.3, -0.25) is 9.59 Å². The molecule has 2 rings (SSSR count). The SMILES string of the molecule is CC(CN1CCCC1=O)NC(=O)CCOC1CCNCC1. The third-order valence-electron chi connectivity index (χ3n) is 4.04. The van der Waals surface area contributed by atoms with Crippen LogP contribution in [-0.4, -0.2) is 61.6 Å². The number of ether oxygens (including phenoxy) is 1. The first-order chi connectivity index (χ1) is 10.1. The number of rotatable bonds is 7. The summed E-state index contributed by atoms with van der Waals surface area (Å²) in [4.78, 5) is 25.2. The lowest BCUT2D eigenvalue weighted by Crippen LogP contribution is -2.42. The van der Waals surface area contributed by atoms with Gasteiger partial charge in [0.2, 0.25) is 11.8 Å². The van der Waals surface area contributed by atoms with Gasteiger partial charge in [0.25, 0.3) is 0 Å². The molecular formula is C15H27N3O3. The Kier molecular flexibility index (Phi) is 6.45. The second kappa shape index (κ2) is 8.34. The molecule has 2 saturated heterocycles. The highest BCUT2D eigenvalue weighted by molar-refractivity contribution is 5.78. The van der Waals surface area contributed by atoms with Crippen LogP contribution in [0.25, 0.3) is 0 Å². The maximum absolute atomic E-state index is 11.8. The van der Waals surface area contributed by atoms with Gasteiger partial charge >= 0.3 is 0 Å². The first-order valence-corrected chi connectivity index (χ1v) is 8.04. The van der Waals surface area contributed by atoms with Gasteiger partial charge in [0, 0.05) is 32.0 Å². The summed E-state index contributed by atoms with van der Waals surface area (Å²) in [6.45, 7) is 5.84. The highest BCUT2D eigenvalue weighted by Crippen LogP contribution is 2.10. The summed E-state index contributed by atoms with van der Waals surface area (Å²) in [6.07, 6.45) is 4.31. The topological polar surface area (TPSA) is 70.7 Å². The molecule has 0 saturated carbocycles. The van der Waals surface area contributed by atoms with Crippen LogP contribution in [0.1, 0.15) is 39.0 Å². The van der Waals surface area contributed by atoms with E-state index in [4.69, 9.17) is 4.74 Å². The number of hydrogen-bond acceptors (Lipinski definition) is 4. The number of nitrogens with one attached hydrogen (secondary N) is 2. The average molecular weight is 297 g/mol. The summed E-state index contributed by atoms with van der Waals surface area (Å²) < 4.78 is 5.72. The Hall–Kier alpha value is -1.14. The molecule has 0 aromatic carbocycles. The van der Waals surface area contributed by atoms with Crippen molar-refractivity contribution < 1.29 is 14.3 Å². The van der Waals surface area contributed by atoms with Crippen LogP contribution in [0.3, 0.4) is 0 Å². The maximum Gasteiger partial charge on any atom is 0.222 e. The number of carbonyl (C=O) groups is 2. The van der Waals surface area contributed by atoms with Crippen molar-refractivity contribution in [3.63, 3.8) is 0 Å². The molecule has 2 fully saturated rings. The lowest BCUT2D eigenvalue weighted by Gasteiger charge is -2.23. The minimum absolute atomic E-state index is 0.00145. The van der Waals surface area contributed by atoms with Crippen molar-refractivity contribution in [2.45, 2.75) is 51.2 Å². The molecule has 0 aromatic rings. The molecule has 21 heavy (non-hydrogen) atoms. The van der Waals surface area contributed by atoms with Gasteiger partial charge in [-0.15, -0.1) is 0 Å². The molecule has 0 radical (unpaired) electrons. The van der Waals surface area contributed by atoms with Crippen molar-refractivity contribution in [2.24, 2.45) is 0 Å². The fourth-order valence-corrected chi connectivity index (χ4v) is 2.90. The Morgan fingerprint density at radius 3 is 2.90 bits per heavy atom. The van der Waals surface area contributed by atoms with Crippen molar-refractivity contribution in [2.75, 3.05) is 32.8 Å². The molecule has 0 aromatic heterocycles. The number of piperidine rings is 1. The Morgan fingerprint density at radius 1 is 1.48 bits per heavy atom. The summed E-state index contributed by atoms with van der Waals surface area (Å²) in [5.41, 5.74) is 0. The standard InChI is InChI=1S/C15H27N3O3/c1-12(11-18-9-2-3-15(18)20)17-14(19)6-10-21-13-4-7-16-8-5-13/h12-13,16H,2-11H2,1H3,(H,17,19). The third-order valence-corrected chi connectivity index (χ3v) is 4.04. The maximum atomic E-state index is 11.8. The number of carbonyl (C=O) groups excluding carboxylic acids is 2. The molecule has 1 atom stereocenters. The first-order valence-electron chi connectivity index (χ1n) is 8.04. The summed E-state index contributed by atoms with van der Waals surface area (Å²) in [5, 5.41) is 6.23. The molecule has 0 bridgehead atoms. The van der Waals surface area contributed by atoms with Crippen molar-refractivity contribution in [3.05, 3.63) is 0 Å². The summed E-state index contributed by atoms with van der Waals surface area (Å²) in [7, 11) is 0. The zero-order valence-corrected chi connectivity index (χ0v) is 12.9. The lowest BCUT2D eigenvalue weighted by atomic mass is 10.1. The van der Waals surface area contributed by atoms with E-state index in [0.717, 1.165) is 38.9 Å². The molecular weight excluding hydrogens is 270 g/mol. The Labute approximate surface area is 126 Å². The van der Waals surface area contributed by atoms with Gasteiger partial charge in [0.1, 0.15) is 0 Å². The summed E-state index contributed by atoms with van der Waals surface area (Å²) in [5.74, 6) is 0.202. The fourth-order valence-electron chi connectivity index (χ4n) is 2.90. The average Bonchev–Trinajstić information content (AvgIpc) is 2.85. The highest BCUT2D eigenvalue weighted by atomic mass is 16.5. The van der Waals surface area contributed by atoms with Crippen LogP contribution in [0, 0.1) is 0 Å². The minimum atomic E-state index is -0.00145. The van der Waals surface area contributed by atoms with Gasteiger partial charge in [-0.2, -0.15) is 0 Å². The van der Waals surface area contributed by atoms with Gasteiger partial charge in [-0.05, 0) is 39.3 Å². The second-order valence-corrected chi connectivity index (χ2v) is 5.98. The van der Waals surface area contributed by atoms with Crippen LogP contribution in [0.15, 0.2) is 0 Å². The predicted octanol–water partition coefficient (Wildman–Crippen LogP) is 0.272. The zero-order valence-electron chi connectivity index (χ0n) is 12.9. The van der Waals surface area contributed by atoms with Gasteiger partial charge < -0.3 is 20.3 Å². The highest BCUT2D eigenvalue weighted by Gasteiger charge is 2.22. The number of hydrogen-bond donors (Lipinski definition) is 2. The predicted molar refractivity (Wildman–Crippen MR) is 79.9 cm³/mol. The molecule has 1 unspecified atom stereocenters. The van der Waals surface area contributed by atoms with Crippen LogP contribution < -0.4 is 10.6 Å². The van der Waals surface area contributed by atoms with Crippen LogP contribution >= 0.6 is 0 Å². The van der Waals surface area contributed by atoms with E-state index in [1.807, 2.05) is 11.8 Å². The van der Waals surface area contributed by atoms with Crippen LogP contribution in [0.4, 0.5) is 0 Å². The van der Waals surface area contributed by atoms with E-state index in [0.29, 0.717) is 32.1 Å². The van der Waals surface area contributed by atoms with E-state index in [9.17, 15) is 9.59 Å². The number of nitrogens with zero attached hydrogens (tertiary/aromatic N) is 1. The Bertz CT molecular complexity index is 356. The van der Waals surface area contributed by atoms with E-state index < -0.39 is 0 Å². The van der Waals surface area contributed by atoms with E-state index >= 15 is 0 Å². The van der Waals surface area contributed by atoms with Gasteiger partial charge in [0.15, 0.2) is 0 Å². The van der Waals surface area contributed by atoms with Crippen LogP contribution in [0.5, 0.6) is 0 Å². The van der Waals surface area contributed by atoms with E-state index in [1.54, 1.807) is 0 Å². The van der Waals surface area contributed by atoms with E-state index in [-0.39, 0.29) is 17.9 Å². The first kappa shape index (κ1) is 16.2. The monoisotopic (exact) mass is 297 g/mol. The number of amides is 2. The molecule has 2 aliphatic rings. The third kappa shape index (κ3) is 5.63. The molecule has 6 nitrogen and oxygen atoms in total. The summed E-state index contributed by atoms with van der Waals surface area (Å²) >= 11 is 0. The molecule has 0 aliphatic carbocycles. The zero-order chi connectivity index (χ0) is 15.1. The van der Waals surface area contributed by atoms with Crippen molar-refractivity contribution in [1.82, 2.24) is 15.5 Å². The van der Waals surface area contributed by atoms with Gasteiger partial charge in [-0.1, -0.05) is 0 Å². The fraction of sp³-hybridized carbons (Fsp3) is 0.867.